The van der Waals surface area contributed by atoms with E-state index in [0.717, 1.165) is 5.56 Å². The smallest absolute Gasteiger partial charge is 0.189 e. The summed E-state index contributed by atoms with van der Waals surface area (Å²) in [7, 11) is 0. The lowest BCUT2D eigenvalue weighted by atomic mass is 10.1. The van der Waals surface area contributed by atoms with Crippen LogP contribution in [0.4, 0.5) is 4.39 Å². The molecule has 2 aromatic rings. The van der Waals surface area contributed by atoms with Gasteiger partial charge < -0.3 is 15.8 Å². The van der Waals surface area contributed by atoms with Crippen molar-refractivity contribution in [3.8, 4) is 11.5 Å². The predicted octanol–water partition coefficient (Wildman–Crippen LogP) is 3.82. The lowest BCUT2D eigenvalue weighted by Gasteiger charge is -2.20. The van der Waals surface area contributed by atoms with Crippen molar-refractivity contribution in [1.29, 1.82) is 0 Å². The van der Waals surface area contributed by atoms with Gasteiger partial charge in [0.1, 0.15) is 17.3 Å². The Hall–Kier alpha value is -2.56. The van der Waals surface area contributed by atoms with E-state index >= 15 is 0 Å². The van der Waals surface area contributed by atoms with Crippen LogP contribution in [0.2, 0.25) is 0 Å². The molecule has 0 aliphatic carbocycles. The Labute approximate surface area is 136 Å². The highest BCUT2D eigenvalue weighted by Gasteiger charge is 2.09. The van der Waals surface area contributed by atoms with Crippen LogP contribution in [0.1, 0.15) is 26.3 Å². The van der Waals surface area contributed by atoms with Gasteiger partial charge in [0.05, 0.1) is 6.54 Å². The number of guanidine groups is 1. The number of benzene rings is 2. The van der Waals surface area contributed by atoms with E-state index in [4.69, 9.17) is 10.5 Å². The van der Waals surface area contributed by atoms with Crippen molar-refractivity contribution in [2.24, 2.45) is 10.7 Å². The third-order valence-electron chi connectivity index (χ3n) is 2.91. The Kier molecular flexibility index (Phi) is 5.21. The third-order valence-corrected chi connectivity index (χ3v) is 2.91. The summed E-state index contributed by atoms with van der Waals surface area (Å²) in [4.78, 5) is 4.30. The molecular weight excluding hydrogens is 293 g/mol. The number of hydrogen-bond donors (Lipinski definition) is 2. The minimum Gasteiger partial charge on any atom is -0.457 e. The van der Waals surface area contributed by atoms with Gasteiger partial charge in [-0.05, 0) is 62.7 Å². The van der Waals surface area contributed by atoms with Crippen LogP contribution >= 0.6 is 0 Å². The van der Waals surface area contributed by atoms with Gasteiger partial charge in [-0.15, -0.1) is 0 Å². The summed E-state index contributed by atoms with van der Waals surface area (Å²) in [5, 5.41) is 3.11. The van der Waals surface area contributed by atoms with Crippen molar-refractivity contribution in [1.82, 2.24) is 5.32 Å². The molecule has 0 aliphatic rings. The highest BCUT2D eigenvalue weighted by molar-refractivity contribution is 5.78. The van der Waals surface area contributed by atoms with Crippen molar-refractivity contribution in [3.05, 3.63) is 59.9 Å². The normalized spacial score (nSPS) is 12.1. The molecule has 2 aromatic carbocycles. The van der Waals surface area contributed by atoms with Gasteiger partial charge in [0.25, 0.3) is 0 Å². The Morgan fingerprint density at radius 3 is 2.09 bits per heavy atom. The van der Waals surface area contributed by atoms with E-state index in [-0.39, 0.29) is 11.4 Å². The molecule has 23 heavy (non-hydrogen) atoms. The Morgan fingerprint density at radius 2 is 1.57 bits per heavy atom. The first-order chi connectivity index (χ1) is 10.8. The van der Waals surface area contributed by atoms with Crippen molar-refractivity contribution in [2.75, 3.05) is 0 Å². The standard InChI is InChI=1S/C18H22FN3O/c1-18(2,3)22-17(20)21-12-13-4-8-15(9-5-13)23-16-10-6-14(19)7-11-16/h4-11H,12H2,1-3H3,(H3,20,21,22). The second-order valence-corrected chi connectivity index (χ2v) is 6.28. The zero-order valence-electron chi connectivity index (χ0n) is 13.6. The van der Waals surface area contributed by atoms with Gasteiger partial charge in [0.2, 0.25) is 0 Å². The second kappa shape index (κ2) is 7.13. The summed E-state index contributed by atoms with van der Waals surface area (Å²) >= 11 is 0. The first-order valence-corrected chi connectivity index (χ1v) is 7.42. The first-order valence-electron chi connectivity index (χ1n) is 7.42. The Balaban J connectivity index is 1.94. The van der Waals surface area contributed by atoms with Crippen LogP contribution in [0.25, 0.3) is 0 Å². The molecule has 0 fully saturated rings. The van der Waals surface area contributed by atoms with Crippen LogP contribution in [0.5, 0.6) is 11.5 Å². The van der Waals surface area contributed by atoms with Gasteiger partial charge in [-0.25, -0.2) is 9.38 Å². The Morgan fingerprint density at radius 1 is 1.04 bits per heavy atom. The van der Waals surface area contributed by atoms with Crippen LogP contribution in [0, 0.1) is 5.82 Å². The van der Waals surface area contributed by atoms with E-state index in [1.807, 2.05) is 45.0 Å². The van der Waals surface area contributed by atoms with Gasteiger partial charge in [0.15, 0.2) is 5.96 Å². The van der Waals surface area contributed by atoms with E-state index in [0.29, 0.717) is 24.0 Å². The molecular formula is C18H22FN3O. The van der Waals surface area contributed by atoms with Crippen molar-refractivity contribution < 1.29 is 9.13 Å². The monoisotopic (exact) mass is 315 g/mol. The molecule has 0 saturated heterocycles. The van der Waals surface area contributed by atoms with E-state index < -0.39 is 0 Å². The van der Waals surface area contributed by atoms with Crippen molar-refractivity contribution >= 4 is 5.96 Å². The lowest BCUT2D eigenvalue weighted by molar-refractivity contribution is 0.480. The van der Waals surface area contributed by atoms with Gasteiger partial charge in [-0.2, -0.15) is 0 Å². The number of nitrogens with two attached hydrogens (primary N) is 1. The third kappa shape index (κ3) is 5.98. The molecule has 2 rings (SSSR count). The molecule has 0 saturated carbocycles. The molecule has 0 spiro atoms. The lowest BCUT2D eigenvalue weighted by Crippen LogP contribution is -2.44. The largest absolute Gasteiger partial charge is 0.457 e. The molecule has 4 nitrogen and oxygen atoms in total. The zero-order chi connectivity index (χ0) is 16.9. The van der Waals surface area contributed by atoms with Crippen LogP contribution < -0.4 is 15.8 Å². The van der Waals surface area contributed by atoms with Gasteiger partial charge in [0, 0.05) is 5.54 Å². The number of ether oxygens (including phenoxy) is 1. The number of nitrogens with one attached hydrogen (secondary N) is 1. The molecule has 0 heterocycles. The summed E-state index contributed by atoms with van der Waals surface area (Å²) in [5.41, 5.74) is 6.75. The quantitative estimate of drug-likeness (QED) is 0.666. The molecule has 0 atom stereocenters. The summed E-state index contributed by atoms with van der Waals surface area (Å²) in [6.45, 7) is 6.57. The highest BCUT2D eigenvalue weighted by atomic mass is 19.1. The average Bonchev–Trinajstić information content (AvgIpc) is 2.47. The second-order valence-electron chi connectivity index (χ2n) is 6.28. The van der Waals surface area contributed by atoms with Crippen LogP contribution in [0.15, 0.2) is 53.5 Å². The highest BCUT2D eigenvalue weighted by Crippen LogP contribution is 2.22. The van der Waals surface area contributed by atoms with Crippen LogP contribution in [0.3, 0.4) is 0 Å². The maximum atomic E-state index is 12.8. The van der Waals surface area contributed by atoms with E-state index in [9.17, 15) is 4.39 Å². The topological polar surface area (TPSA) is 59.6 Å². The minimum atomic E-state index is -0.285. The van der Waals surface area contributed by atoms with Crippen molar-refractivity contribution in [2.45, 2.75) is 32.9 Å². The summed E-state index contributed by atoms with van der Waals surface area (Å²) in [5.74, 6) is 1.41. The summed E-state index contributed by atoms with van der Waals surface area (Å²) in [6, 6.07) is 13.5. The van der Waals surface area contributed by atoms with Gasteiger partial charge in [-0.3, -0.25) is 0 Å². The number of hydrogen-bond acceptors (Lipinski definition) is 2. The molecule has 0 aromatic heterocycles. The number of halogens is 1. The Bertz CT molecular complexity index is 658. The van der Waals surface area contributed by atoms with E-state index in [2.05, 4.69) is 10.3 Å². The van der Waals surface area contributed by atoms with Crippen LogP contribution in [-0.4, -0.2) is 11.5 Å². The minimum absolute atomic E-state index is 0.111. The van der Waals surface area contributed by atoms with E-state index in [1.54, 1.807) is 12.1 Å². The fraction of sp³-hybridized carbons (Fsp3) is 0.278. The maximum absolute atomic E-state index is 12.8. The zero-order valence-corrected chi connectivity index (χ0v) is 13.6. The molecule has 3 N–H and O–H groups in total. The summed E-state index contributed by atoms with van der Waals surface area (Å²) in [6.07, 6.45) is 0. The van der Waals surface area contributed by atoms with Crippen molar-refractivity contribution in [3.63, 3.8) is 0 Å². The predicted molar refractivity (Wildman–Crippen MR) is 91.1 cm³/mol. The number of rotatable bonds is 4. The first kappa shape index (κ1) is 16.8. The molecule has 5 heteroatoms. The molecule has 0 bridgehead atoms. The molecule has 122 valence electrons. The van der Waals surface area contributed by atoms with Crippen LogP contribution in [-0.2, 0) is 6.54 Å². The average molecular weight is 315 g/mol. The number of nitrogens with zero attached hydrogens (tertiary/aromatic N) is 1. The fourth-order valence-electron chi connectivity index (χ4n) is 1.90. The van der Waals surface area contributed by atoms with Gasteiger partial charge >= 0.3 is 0 Å². The number of aliphatic imine (C=N–C) groups is 1. The SMILES string of the molecule is CC(C)(C)NC(N)=NCc1ccc(Oc2ccc(F)cc2)cc1. The molecule has 0 aliphatic heterocycles. The molecule has 0 amide bonds. The fourth-order valence-corrected chi connectivity index (χ4v) is 1.90. The molecule has 0 unspecified atom stereocenters. The van der Waals surface area contributed by atoms with Gasteiger partial charge in [-0.1, -0.05) is 12.1 Å². The maximum Gasteiger partial charge on any atom is 0.189 e. The summed E-state index contributed by atoms with van der Waals surface area (Å²) < 4.78 is 18.5. The molecule has 0 radical (unpaired) electrons. The van der Waals surface area contributed by atoms with E-state index in [1.165, 1.54) is 12.1 Å².